The Morgan fingerprint density at radius 3 is 2.50 bits per heavy atom. The standard InChI is InChI=1S/C20H27FN6O/c21-17-3-1-2-4-18(17)26-9-11-27(12-10-26)20-23-6-5-19(24-20)22-7-8-25-13-15-28-16-14-25/h1-6H,7-16H2,(H,22,23,24). The van der Waals surface area contributed by atoms with Crippen LogP contribution in [0.4, 0.5) is 21.8 Å². The number of halogens is 1. The van der Waals surface area contributed by atoms with Gasteiger partial charge in [0.05, 0.1) is 18.9 Å². The molecule has 2 aliphatic rings. The van der Waals surface area contributed by atoms with Crippen LogP contribution in [0, 0.1) is 5.82 Å². The lowest BCUT2D eigenvalue weighted by Crippen LogP contribution is -2.47. The highest BCUT2D eigenvalue weighted by molar-refractivity contribution is 5.50. The van der Waals surface area contributed by atoms with Crippen LogP contribution >= 0.6 is 0 Å². The molecule has 0 amide bonds. The van der Waals surface area contributed by atoms with Gasteiger partial charge in [0, 0.05) is 58.6 Å². The first kappa shape index (κ1) is 18.9. The van der Waals surface area contributed by atoms with Gasteiger partial charge in [-0.1, -0.05) is 12.1 Å². The number of piperazine rings is 1. The Morgan fingerprint density at radius 1 is 0.964 bits per heavy atom. The van der Waals surface area contributed by atoms with Crippen LogP contribution in [-0.2, 0) is 4.74 Å². The van der Waals surface area contributed by atoms with Crippen LogP contribution < -0.4 is 15.1 Å². The lowest BCUT2D eigenvalue weighted by atomic mass is 10.2. The van der Waals surface area contributed by atoms with E-state index in [2.05, 4.69) is 30.0 Å². The molecule has 2 aliphatic heterocycles. The summed E-state index contributed by atoms with van der Waals surface area (Å²) in [5.41, 5.74) is 0.668. The molecule has 0 saturated carbocycles. The zero-order chi connectivity index (χ0) is 19.2. The van der Waals surface area contributed by atoms with Gasteiger partial charge in [-0.2, -0.15) is 4.98 Å². The van der Waals surface area contributed by atoms with Crippen molar-refractivity contribution < 1.29 is 9.13 Å². The summed E-state index contributed by atoms with van der Waals surface area (Å²) in [6.45, 7) is 8.47. The molecule has 1 aromatic heterocycles. The Balaban J connectivity index is 1.29. The smallest absolute Gasteiger partial charge is 0.227 e. The van der Waals surface area contributed by atoms with Gasteiger partial charge in [0.25, 0.3) is 0 Å². The fourth-order valence-electron chi connectivity index (χ4n) is 3.62. The second kappa shape index (κ2) is 9.16. The van der Waals surface area contributed by atoms with Crippen molar-refractivity contribution in [3.63, 3.8) is 0 Å². The maximum absolute atomic E-state index is 14.0. The highest BCUT2D eigenvalue weighted by Gasteiger charge is 2.21. The maximum atomic E-state index is 14.0. The Labute approximate surface area is 165 Å². The average Bonchev–Trinajstić information content (AvgIpc) is 2.75. The van der Waals surface area contributed by atoms with Crippen molar-refractivity contribution in [1.82, 2.24) is 14.9 Å². The van der Waals surface area contributed by atoms with Gasteiger partial charge in [-0.25, -0.2) is 9.37 Å². The Hall–Kier alpha value is -2.45. The van der Waals surface area contributed by atoms with E-state index in [1.165, 1.54) is 6.07 Å². The van der Waals surface area contributed by atoms with Crippen LogP contribution in [0.5, 0.6) is 0 Å². The number of hydrogen-bond acceptors (Lipinski definition) is 7. The number of ether oxygens (including phenoxy) is 1. The normalized spacial score (nSPS) is 18.3. The molecule has 0 spiro atoms. The van der Waals surface area contributed by atoms with Crippen LogP contribution in [0.15, 0.2) is 36.5 Å². The van der Waals surface area contributed by atoms with Gasteiger partial charge in [-0.3, -0.25) is 4.90 Å². The summed E-state index contributed by atoms with van der Waals surface area (Å²) in [6.07, 6.45) is 1.79. The Morgan fingerprint density at radius 2 is 1.71 bits per heavy atom. The molecule has 8 heteroatoms. The quantitative estimate of drug-likeness (QED) is 0.811. The Kier molecular flexibility index (Phi) is 6.18. The van der Waals surface area contributed by atoms with E-state index in [9.17, 15) is 4.39 Å². The average molecular weight is 386 g/mol. The molecule has 28 heavy (non-hydrogen) atoms. The summed E-state index contributed by atoms with van der Waals surface area (Å²) in [5, 5.41) is 3.39. The van der Waals surface area contributed by atoms with Crippen molar-refractivity contribution in [3.8, 4) is 0 Å². The number of rotatable bonds is 6. The number of nitrogens with one attached hydrogen (secondary N) is 1. The molecule has 2 aromatic rings. The van der Waals surface area contributed by atoms with Crippen LogP contribution in [0.3, 0.4) is 0 Å². The third-order valence-corrected chi connectivity index (χ3v) is 5.24. The summed E-state index contributed by atoms with van der Waals surface area (Å²) in [5.74, 6) is 1.40. The zero-order valence-electron chi connectivity index (χ0n) is 16.1. The van der Waals surface area contributed by atoms with E-state index in [0.717, 1.165) is 77.3 Å². The summed E-state index contributed by atoms with van der Waals surface area (Å²) >= 11 is 0. The molecule has 0 aliphatic carbocycles. The number of para-hydroxylation sites is 1. The predicted octanol–water partition coefficient (Wildman–Crippen LogP) is 1.69. The topological polar surface area (TPSA) is 56.8 Å². The van der Waals surface area contributed by atoms with Crippen molar-refractivity contribution in [3.05, 3.63) is 42.3 Å². The minimum atomic E-state index is -0.168. The predicted molar refractivity (Wildman–Crippen MR) is 109 cm³/mol. The molecule has 7 nitrogen and oxygen atoms in total. The van der Waals surface area contributed by atoms with Gasteiger partial charge in [-0.15, -0.1) is 0 Å². The molecule has 0 bridgehead atoms. The molecule has 0 radical (unpaired) electrons. The van der Waals surface area contributed by atoms with E-state index < -0.39 is 0 Å². The number of nitrogens with zero attached hydrogens (tertiary/aromatic N) is 5. The maximum Gasteiger partial charge on any atom is 0.227 e. The monoisotopic (exact) mass is 386 g/mol. The van der Waals surface area contributed by atoms with Crippen molar-refractivity contribution in [2.75, 3.05) is 80.7 Å². The van der Waals surface area contributed by atoms with Gasteiger partial charge in [0.15, 0.2) is 0 Å². The summed E-state index contributed by atoms with van der Waals surface area (Å²) < 4.78 is 19.4. The number of hydrogen-bond donors (Lipinski definition) is 1. The first-order valence-electron chi connectivity index (χ1n) is 9.91. The van der Waals surface area contributed by atoms with Gasteiger partial charge < -0.3 is 19.9 Å². The fraction of sp³-hybridized carbons (Fsp3) is 0.500. The molecular weight excluding hydrogens is 359 g/mol. The molecule has 3 heterocycles. The lowest BCUT2D eigenvalue weighted by Gasteiger charge is -2.36. The molecule has 2 fully saturated rings. The highest BCUT2D eigenvalue weighted by Crippen LogP contribution is 2.21. The molecule has 1 N–H and O–H groups in total. The van der Waals surface area contributed by atoms with Gasteiger partial charge in [0.2, 0.25) is 5.95 Å². The highest BCUT2D eigenvalue weighted by atomic mass is 19.1. The molecule has 1 aromatic carbocycles. The minimum Gasteiger partial charge on any atom is -0.379 e. The lowest BCUT2D eigenvalue weighted by molar-refractivity contribution is 0.0398. The number of benzene rings is 1. The third-order valence-electron chi connectivity index (χ3n) is 5.24. The summed E-state index contributed by atoms with van der Waals surface area (Å²) in [4.78, 5) is 15.7. The second-order valence-corrected chi connectivity index (χ2v) is 7.05. The first-order chi connectivity index (χ1) is 13.8. The van der Waals surface area contributed by atoms with E-state index in [-0.39, 0.29) is 5.82 Å². The number of anilines is 3. The second-order valence-electron chi connectivity index (χ2n) is 7.05. The van der Waals surface area contributed by atoms with Crippen LogP contribution in [0.1, 0.15) is 0 Å². The van der Waals surface area contributed by atoms with E-state index in [1.807, 2.05) is 18.2 Å². The first-order valence-corrected chi connectivity index (χ1v) is 9.91. The zero-order valence-corrected chi connectivity index (χ0v) is 16.1. The van der Waals surface area contributed by atoms with Crippen LogP contribution in [0.25, 0.3) is 0 Å². The van der Waals surface area contributed by atoms with E-state index >= 15 is 0 Å². The molecular formula is C20H27FN6O. The SMILES string of the molecule is Fc1ccccc1N1CCN(c2nccc(NCCN3CCOCC3)n2)CC1. The molecule has 2 saturated heterocycles. The van der Waals surface area contributed by atoms with Crippen molar-refractivity contribution in [2.24, 2.45) is 0 Å². The van der Waals surface area contributed by atoms with E-state index in [1.54, 1.807) is 12.3 Å². The van der Waals surface area contributed by atoms with E-state index in [0.29, 0.717) is 5.69 Å². The van der Waals surface area contributed by atoms with Gasteiger partial charge in [0.1, 0.15) is 11.6 Å². The Bertz CT molecular complexity index is 762. The third kappa shape index (κ3) is 4.69. The summed E-state index contributed by atoms with van der Waals surface area (Å²) in [6, 6.07) is 8.84. The van der Waals surface area contributed by atoms with Gasteiger partial charge in [-0.05, 0) is 18.2 Å². The number of aromatic nitrogens is 2. The fourth-order valence-corrected chi connectivity index (χ4v) is 3.62. The molecule has 4 rings (SSSR count). The van der Waals surface area contributed by atoms with Crippen molar-refractivity contribution >= 4 is 17.5 Å². The summed E-state index contributed by atoms with van der Waals surface area (Å²) in [7, 11) is 0. The number of morpholine rings is 1. The molecule has 0 atom stereocenters. The van der Waals surface area contributed by atoms with Crippen molar-refractivity contribution in [2.45, 2.75) is 0 Å². The molecule has 150 valence electrons. The minimum absolute atomic E-state index is 0.168. The van der Waals surface area contributed by atoms with Crippen molar-refractivity contribution in [1.29, 1.82) is 0 Å². The van der Waals surface area contributed by atoms with Crippen LogP contribution in [-0.4, -0.2) is 80.4 Å². The largest absolute Gasteiger partial charge is 0.379 e. The van der Waals surface area contributed by atoms with Crippen LogP contribution in [0.2, 0.25) is 0 Å². The van der Waals surface area contributed by atoms with Gasteiger partial charge >= 0.3 is 0 Å². The van der Waals surface area contributed by atoms with E-state index in [4.69, 9.17) is 4.74 Å². The molecule has 0 unspecified atom stereocenters.